The van der Waals surface area contributed by atoms with Crippen LogP contribution in [-0.4, -0.2) is 40.9 Å². The summed E-state index contributed by atoms with van der Waals surface area (Å²) in [7, 11) is 0. The molecule has 6 nitrogen and oxygen atoms in total. The van der Waals surface area contributed by atoms with Crippen molar-refractivity contribution in [1.29, 1.82) is 0 Å². The van der Waals surface area contributed by atoms with Gasteiger partial charge in [0, 0.05) is 6.54 Å². The third kappa shape index (κ3) is 7.57. The molecule has 0 aliphatic carbocycles. The first-order chi connectivity index (χ1) is 7.90. The van der Waals surface area contributed by atoms with Crippen molar-refractivity contribution in [1.82, 2.24) is 10.6 Å². The van der Waals surface area contributed by atoms with Crippen LogP contribution in [0.2, 0.25) is 0 Å². The Morgan fingerprint density at radius 2 is 1.82 bits per heavy atom. The van der Waals surface area contributed by atoms with Gasteiger partial charge in [0.25, 0.3) is 0 Å². The Hall–Kier alpha value is -1.30. The van der Waals surface area contributed by atoms with Crippen LogP contribution in [0.1, 0.15) is 39.5 Å². The summed E-state index contributed by atoms with van der Waals surface area (Å²) in [6.45, 7) is 3.48. The Labute approximate surface area is 101 Å². The van der Waals surface area contributed by atoms with Gasteiger partial charge in [0.05, 0.1) is 6.54 Å². The Bertz CT molecular complexity index is 254. The van der Waals surface area contributed by atoms with Crippen molar-refractivity contribution >= 4 is 12.0 Å². The van der Waals surface area contributed by atoms with E-state index in [2.05, 4.69) is 17.6 Å². The van der Waals surface area contributed by atoms with E-state index in [0.717, 1.165) is 32.6 Å². The van der Waals surface area contributed by atoms with E-state index in [4.69, 9.17) is 5.11 Å². The SMILES string of the molecule is CCCCCCNC(=O)NCC(C)(O)C(=O)O. The number of carbonyl (C=O) groups excluding carboxylic acids is 1. The highest BCUT2D eigenvalue weighted by Crippen LogP contribution is 2.00. The number of urea groups is 1. The normalized spacial score (nSPS) is 13.8. The molecule has 0 aromatic heterocycles. The fraction of sp³-hybridized carbons (Fsp3) is 0.818. The summed E-state index contributed by atoms with van der Waals surface area (Å²) in [5.41, 5.74) is -1.93. The Morgan fingerprint density at radius 3 is 2.35 bits per heavy atom. The molecule has 0 aromatic rings. The van der Waals surface area contributed by atoms with E-state index < -0.39 is 17.6 Å². The standard InChI is InChI=1S/C11H22N2O4/c1-3-4-5-6-7-12-10(16)13-8-11(2,17)9(14)15/h17H,3-8H2,1-2H3,(H,14,15)(H2,12,13,16). The van der Waals surface area contributed by atoms with Crippen LogP contribution in [0.4, 0.5) is 4.79 Å². The molecule has 1 atom stereocenters. The second kappa shape index (κ2) is 7.89. The number of carbonyl (C=O) groups is 2. The predicted octanol–water partition coefficient (Wildman–Crippen LogP) is 0.701. The monoisotopic (exact) mass is 246 g/mol. The highest BCUT2D eigenvalue weighted by molar-refractivity contribution is 5.79. The van der Waals surface area contributed by atoms with Gasteiger partial charge in [-0.15, -0.1) is 0 Å². The molecule has 0 aliphatic rings. The fourth-order valence-corrected chi connectivity index (χ4v) is 1.14. The van der Waals surface area contributed by atoms with E-state index in [9.17, 15) is 14.7 Å². The van der Waals surface area contributed by atoms with Crippen molar-refractivity contribution in [3.05, 3.63) is 0 Å². The molecular formula is C11H22N2O4. The molecular weight excluding hydrogens is 224 g/mol. The van der Waals surface area contributed by atoms with Crippen LogP contribution in [0, 0.1) is 0 Å². The van der Waals surface area contributed by atoms with Gasteiger partial charge in [-0.2, -0.15) is 0 Å². The third-order valence-electron chi connectivity index (χ3n) is 2.37. The van der Waals surface area contributed by atoms with Crippen LogP contribution in [0.15, 0.2) is 0 Å². The minimum atomic E-state index is -1.93. The molecule has 0 saturated heterocycles. The minimum absolute atomic E-state index is 0.316. The van der Waals surface area contributed by atoms with Crippen LogP contribution < -0.4 is 10.6 Å². The molecule has 0 rings (SSSR count). The lowest BCUT2D eigenvalue weighted by Gasteiger charge is -2.18. The lowest BCUT2D eigenvalue weighted by molar-refractivity contribution is -0.155. The first-order valence-electron chi connectivity index (χ1n) is 5.87. The van der Waals surface area contributed by atoms with Gasteiger partial charge in [0.15, 0.2) is 5.60 Å². The minimum Gasteiger partial charge on any atom is -0.479 e. The van der Waals surface area contributed by atoms with E-state index in [1.165, 1.54) is 0 Å². The van der Waals surface area contributed by atoms with E-state index in [-0.39, 0.29) is 6.54 Å². The number of rotatable bonds is 8. The van der Waals surface area contributed by atoms with Crippen molar-refractivity contribution in [2.75, 3.05) is 13.1 Å². The zero-order valence-electron chi connectivity index (χ0n) is 10.5. The molecule has 4 N–H and O–H groups in total. The van der Waals surface area contributed by atoms with Gasteiger partial charge in [-0.05, 0) is 13.3 Å². The molecule has 6 heteroatoms. The van der Waals surface area contributed by atoms with Crippen molar-refractivity contribution in [2.45, 2.75) is 45.1 Å². The van der Waals surface area contributed by atoms with E-state index in [0.29, 0.717) is 6.54 Å². The Morgan fingerprint density at radius 1 is 1.18 bits per heavy atom. The van der Waals surface area contributed by atoms with Crippen molar-refractivity contribution in [3.8, 4) is 0 Å². The predicted molar refractivity (Wildman–Crippen MR) is 63.8 cm³/mol. The number of amides is 2. The molecule has 0 spiro atoms. The lowest BCUT2D eigenvalue weighted by Crippen LogP contribution is -2.49. The maximum atomic E-state index is 11.2. The van der Waals surface area contributed by atoms with E-state index >= 15 is 0 Å². The maximum absolute atomic E-state index is 11.2. The maximum Gasteiger partial charge on any atom is 0.337 e. The first-order valence-corrected chi connectivity index (χ1v) is 5.87. The molecule has 0 aromatic carbocycles. The van der Waals surface area contributed by atoms with Gasteiger partial charge in [0.2, 0.25) is 0 Å². The van der Waals surface area contributed by atoms with Crippen LogP contribution >= 0.6 is 0 Å². The average molecular weight is 246 g/mol. The molecule has 17 heavy (non-hydrogen) atoms. The topological polar surface area (TPSA) is 98.7 Å². The van der Waals surface area contributed by atoms with Gasteiger partial charge < -0.3 is 20.8 Å². The second-order valence-corrected chi connectivity index (χ2v) is 4.25. The third-order valence-corrected chi connectivity index (χ3v) is 2.37. The van der Waals surface area contributed by atoms with Crippen molar-refractivity contribution in [3.63, 3.8) is 0 Å². The number of hydrogen-bond acceptors (Lipinski definition) is 3. The summed E-state index contributed by atoms with van der Waals surface area (Å²) in [6, 6.07) is -0.456. The van der Waals surface area contributed by atoms with Gasteiger partial charge in [0.1, 0.15) is 0 Å². The summed E-state index contributed by atoms with van der Waals surface area (Å²) < 4.78 is 0. The largest absolute Gasteiger partial charge is 0.479 e. The summed E-state index contributed by atoms with van der Waals surface area (Å²) >= 11 is 0. The number of carboxylic acid groups (broad SMARTS) is 1. The number of carboxylic acids is 1. The zero-order chi connectivity index (χ0) is 13.3. The highest BCUT2D eigenvalue weighted by atomic mass is 16.4. The van der Waals surface area contributed by atoms with Gasteiger partial charge >= 0.3 is 12.0 Å². The zero-order valence-corrected chi connectivity index (χ0v) is 10.5. The molecule has 0 saturated carbocycles. The number of aliphatic carboxylic acids is 1. The number of nitrogens with one attached hydrogen (secondary N) is 2. The van der Waals surface area contributed by atoms with E-state index in [1.54, 1.807) is 0 Å². The molecule has 2 amide bonds. The highest BCUT2D eigenvalue weighted by Gasteiger charge is 2.30. The quantitative estimate of drug-likeness (QED) is 0.474. The van der Waals surface area contributed by atoms with Crippen LogP contribution in [0.5, 0.6) is 0 Å². The first kappa shape index (κ1) is 15.7. The molecule has 0 bridgehead atoms. The molecule has 1 unspecified atom stereocenters. The molecule has 100 valence electrons. The van der Waals surface area contributed by atoms with Gasteiger partial charge in [-0.3, -0.25) is 0 Å². The average Bonchev–Trinajstić information content (AvgIpc) is 2.26. The van der Waals surface area contributed by atoms with Crippen molar-refractivity contribution < 1.29 is 19.8 Å². The Kier molecular flexibility index (Phi) is 7.29. The molecule has 0 aliphatic heterocycles. The number of hydrogen-bond donors (Lipinski definition) is 4. The number of unbranched alkanes of at least 4 members (excludes halogenated alkanes) is 3. The summed E-state index contributed by atoms with van der Waals surface area (Å²) in [4.78, 5) is 21.8. The smallest absolute Gasteiger partial charge is 0.337 e. The van der Waals surface area contributed by atoms with Crippen LogP contribution in [-0.2, 0) is 4.79 Å². The van der Waals surface area contributed by atoms with E-state index in [1.807, 2.05) is 0 Å². The summed E-state index contributed by atoms with van der Waals surface area (Å²) in [6.07, 6.45) is 4.23. The molecule has 0 fully saturated rings. The molecule has 0 radical (unpaired) electrons. The Balaban J connectivity index is 3.63. The van der Waals surface area contributed by atoms with Gasteiger partial charge in [-0.1, -0.05) is 26.2 Å². The fourth-order valence-electron chi connectivity index (χ4n) is 1.14. The van der Waals surface area contributed by atoms with Crippen LogP contribution in [0.3, 0.4) is 0 Å². The van der Waals surface area contributed by atoms with Crippen LogP contribution in [0.25, 0.3) is 0 Å². The van der Waals surface area contributed by atoms with Gasteiger partial charge in [-0.25, -0.2) is 9.59 Å². The van der Waals surface area contributed by atoms with Crippen molar-refractivity contribution in [2.24, 2.45) is 0 Å². The lowest BCUT2D eigenvalue weighted by atomic mass is 10.1. The second-order valence-electron chi connectivity index (χ2n) is 4.25. The molecule has 0 heterocycles. The summed E-state index contributed by atoms with van der Waals surface area (Å²) in [5.74, 6) is -1.36. The summed E-state index contributed by atoms with van der Waals surface area (Å²) in [5, 5.41) is 22.9. The number of aliphatic hydroxyl groups is 1.